The van der Waals surface area contributed by atoms with Crippen LogP contribution >= 0.6 is 11.3 Å². The number of aryl methyl sites for hydroxylation is 1. The summed E-state index contributed by atoms with van der Waals surface area (Å²) in [5.74, 6) is 0. The fourth-order valence-electron chi connectivity index (χ4n) is 1.44. The van der Waals surface area contributed by atoms with E-state index in [1.165, 1.54) is 0 Å². The second-order valence-electron chi connectivity index (χ2n) is 3.66. The van der Waals surface area contributed by atoms with Gasteiger partial charge in [-0.05, 0) is 18.6 Å². The first-order chi connectivity index (χ1) is 7.66. The molecule has 84 valence electrons. The first-order valence-electron chi connectivity index (χ1n) is 5.01. The minimum atomic E-state index is 0.751. The average Bonchev–Trinajstić information content (AvgIpc) is 2.68. The first kappa shape index (κ1) is 10.9. The van der Waals surface area contributed by atoms with Crippen LogP contribution in [-0.2, 0) is 6.54 Å². The Morgan fingerprint density at radius 3 is 2.69 bits per heavy atom. The van der Waals surface area contributed by atoms with E-state index in [1.54, 1.807) is 11.3 Å². The first-order valence-corrected chi connectivity index (χ1v) is 5.83. The maximum absolute atomic E-state index is 5.89. The topological polar surface area (TPSA) is 55.0 Å². The Morgan fingerprint density at radius 2 is 2.06 bits per heavy atom. The number of aromatic nitrogens is 2. The van der Waals surface area contributed by atoms with Gasteiger partial charge in [-0.3, -0.25) is 0 Å². The van der Waals surface area contributed by atoms with E-state index in [0.29, 0.717) is 0 Å². The Labute approximate surface area is 98.7 Å². The van der Waals surface area contributed by atoms with E-state index in [-0.39, 0.29) is 0 Å². The molecule has 5 heteroatoms. The molecule has 0 spiro atoms. The van der Waals surface area contributed by atoms with Crippen molar-refractivity contribution >= 4 is 22.2 Å². The van der Waals surface area contributed by atoms with Crippen LogP contribution in [0.2, 0.25) is 0 Å². The van der Waals surface area contributed by atoms with Crippen molar-refractivity contribution in [2.45, 2.75) is 13.5 Å². The smallest absolute Gasteiger partial charge is 0.208 e. The SMILES string of the molecule is Cc1nnc(N(C)Cc2ccccc2N)s1. The molecular weight excluding hydrogens is 220 g/mol. The van der Waals surface area contributed by atoms with E-state index in [2.05, 4.69) is 15.1 Å². The van der Waals surface area contributed by atoms with Crippen LogP contribution in [0.1, 0.15) is 10.6 Å². The van der Waals surface area contributed by atoms with E-state index >= 15 is 0 Å². The van der Waals surface area contributed by atoms with Gasteiger partial charge in [-0.25, -0.2) is 0 Å². The molecule has 2 aromatic rings. The van der Waals surface area contributed by atoms with Gasteiger partial charge in [-0.15, -0.1) is 10.2 Å². The number of para-hydroxylation sites is 1. The molecule has 0 aliphatic rings. The maximum Gasteiger partial charge on any atom is 0.208 e. The number of hydrogen-bond acceptors (Lipinski definition) is 5. The van der Waals surface area contributed by atoms with Crippen LogP contribution in [0.15, 0.2) is 24.3 Å². The van der Waals surface area contributed by atoms with Gasteiger partial charge in [0.25, 0.3) is 0 Å². The highest BCUT2D eigenvalue weighted by Gasteiger charge is 2.08. The molecule has 0 saturated heterocycles. The van der Waals surface area contributed by atoms with Crippen molar-refractivity contribution < 1.29 is 0 Å². The highest BCUT2D eigenvalue weighted by molar-refractivity contribution is 7.15. The maximum atomic E-state index is 5.89. The average molecular weight is 234 g/mol. The zero-order valence-corrected chi connectivity index (χ0v) is 10.2. The summed E-state index contributed by atoms with van der Waals surface area (Å²) in [5.41, 5.74) is 7.82. The van der Waals surface area contributed by atoms with Crippen LogP contribution in [-0.4, -0.2) is 17.2 Å². The molecule has 0 aliphatic carbocycles. The van der Waals surface area contributed by atoms with Crippen molar-refractivity contribution in [3.8, 4) is 0 Å². The van der Waals surface area contributed by atoms with E-state index < -0.39 is 0 Å². The quantitative estimate of drug-likeness (QED) is 0.826. The van der Waals surface area contributed by atoms with Gasteiger partial charge in [-0.1, -0.05) is 29.5 Å². The van der Waals surface area contributed by atoms with Gasteiger partial charge in [0.15, 0.2) is 0 Å². The molecule has 1 aromatic carbocycles. The number of rotatable bonds is 3. The van der Waals surface area contributed by atoms with Crippen molar-refractivity contribution in [3.63, 3.8) is 0 Å². The number of nitrogens with zero attached hydrogens (tertiary/aromatic N) is 3. The van der Waals surface area contributed by atoms with Gasteiger partial charge < -0.3 is 10.6 Å². The third kappa shape index (κ3) is 2.30. The molecule has 4 nitrogen and oxygen atoms in total. The molecule has 1 aromatic heterocycles. The molecule has 16 heavy (non-hydrogen) atoms. The molecule has 0 aliphatic heterocycles. The lowest BCUT2D eigenvalue weighted by molar-refractivity contribution is 0.892. The van der Waals surface area contributed by atoms with Crippen LogP contribution in [0.4, 0.5) is 10.8 Å². The Morgan fingerprint density at radius 1 is 1.31 bits per heavy atom. The van der Waals surface area contributed by atoms with Crippen molar-refractivity contribution in [1.82, 2.24) is 10.2 Å². The molecule has 2 N–H and O–H groups in total. The van der Waals surface area contributed by atoms with Gasteiger partial charge >= 0.3 is 0 Å². The summed E-state index contributed by atoms with van der Waals surface area (Å²) in [6.07, 6.45) is 0. The van der Waals surface area contributed by atoms with Gasteiger partial charge in [0.05, 0.1) is 0 Å². The zero-order valence-electron chi connectivity index (χ0n) is 9.34. The van der Waals surface area contributed by atoms with Crippen LogP contribution in [0.5, 0.6) is 0 Å². The predicted octanol–water partition coefficient (Wildman–Crippen LogP) is 2.07. The van der Waals surface area contributed by atoms with Gasteiger partial charge in [0.2, 0.25) is 5.13 Å². The lowest BCUT2D eigenvalue weighted by Crippen LogP contribution is -2.17. The highest BCUT2D eigenvalue weighted by atomic mass is 32.1. The van der Waals surface area contributed by atoms with E-state index in [4.69, 9.17) is 5.73 Å². The molecular formula is C11H14N4S. The molecule has 0 atom stereocenters. The largest absolute Gasteiger partial charge is 0.398 e. The number of benzene rings is 1. The summed E-state index contributed by atoms with van der Waals surface area (Å²) in [4.78, 5) is 2.05. The van der Waals surface area contributed by atoms with Crippen molar-refractivity contribution in [3.05, 3.63) is 34.8 Å². The fourth-order valence-corrected chi connectivity index (χ4v) is 2.09. The molecule has 0 unspecified atom stereocenters. The lowest BCUT2D eigenvalue weighted by Gasteiger charge is -2.16. The van der Waals surface area contributed by atoms with Gasteiger partial charge in [0.1, 0.15) is 5.01 Å². The number of hydrogen-bond donors (Lipinski definition) is 1. The molecule has 0 saturated carbocycles. The third-order valence-corrected chi connectivity index (χ3v) is 3.26. The second-order valence-corrected chi connectivity index (χ2v) is 4.82. The second kappa shape index (κ2) is 4.49. The summed E-state index contributed by atoms with van der Waals surface area (Å²) < 4.78 is 0. The summed E-state index contributed by atoms with van der Waals surface area (Å²) in [5, 5.41) is 9.98. The Kier molecular flexibility index (Phi) is 3.05. The number of nitrogens with two attached hydrogens (primary N) is 1. The molecule has 0 amide bonds. The highest BCUT2D eigenvalue weighted by Crippen LogP contribution is 2.21. The van der Waals surface area contributed by atoms with Crippen molar-refractivity contribution in [2.24, 2.45) is 0 Å². The monoisotopic (exact) mass is 234 g/mol. The summed E-state index contributed by atoms with van der Waals surface area (Å²) in [7, 11) is 1.99. The van der Waals surface area contributed by atoms with Crippen LogP contribution in [0.3, 0.4) is 0 Å². The van der Waals surface area contributed by atoms with Gasteiger partial charge in [-0.2, -0.15) is 0 Å². The number of nitrogen functional groups attached to an aromatic ring is 1. The molecule has 0 radical (unpaired) electrons. The Bertz CT molecular complexity index is 480. The Balaban J connectivity index is 2.13. The van der Waals surface area contributed by atoms with E-state index in [1.807, 2.05) is 38.2 Å². The Hall–Kier alpha value is -1.62. The normalized spacial score (nSPS) is 10.4. The fraction of sp³-hybridized carbons (Fsp3) is 0.273. The summed E-state index contributed by atoms with van der Waals surface area (Å²) in [6.45, 7) is 2.70. The van der Waals surface area contributed by atoms with Crippen LogP contribution in [0.25, 0.3) is 0 Å². The minimum absolute atomic E-state index is 0.751. The molecule has 1 heterocycles. The van der Waals surface area contributed by atoms with Crippen molar-refractivity contribution in [2.75, 3.05) is 17.7 Å². The predicted molar refractivity (Wildman–Crippen MR) is 67.6 cm³/mol. The van der Waals surface area contributed by atoms with Crippen LogP contribution in [0, 0.1) is 6.92 Å². The third-order valence-electron chi connectivity index (χ3n) is 2.30. The lowest BCUT2D eigenvalue weighted by atomic mass is 10.2. The molecule has 0 bridgehead atoms. The van der Waals surface area contributed by atoms with Gasteiger partial charge in [0, 0.05) is 19.3 Å². The van der Waals surface area contributed by atoms with Crippen molar-refractivity contribution in [1.29, 1.82) is 0 Å². The van der Waals surface area contributed by atoms with E-state index in [9.17, 15) is 0 Å². The van der Waals surface area contributed by atoms with Crippen LogP contribution < -0.4 is 10.6 Å². The number of anilines is 2. The van der Waals surface area contributed by atoms with E-state index in [0.717, 1.165) is 27.9 Å². The summed E-state index contributed by atoms with van der Waals surface area (Å²) >= 11 is 1.58. The summed E-state index contributed by atoms with van der Waals surface area (Å²) in [6, 6.07) is 7.87. The zero-order chi connectivity index (χ0) is 11.5. The standard InChI is InChI=1S/C11H14N4S/c1-8-13-14-11(16-8)15(2)7-9-5-3-4-6-10(9)12/h3-6H,7,12H2,1-2H3. The molecule has 2 rings (SSSR count). The minimum Gasteiger partial charge on any atom is -0.398 e. The molecule has 0 fully saturated rings.